The number of aryl methyl sites for hydroxylation is 1. The van der Waals surface area contributed by atoms with Crippen molar-refractivity contribution in [2.24, 2.45) is 0 Å². The van der Waals surface area contributed by atoms with E-state index in [0.29, 0.717) is 31.6 Å². The number of carbonyl (C=O) groups excluding carboxylic acids is 2. The van der Waals surface area contributed by atoms with Crippen LogP contribution in [0.3, 0.4) is 0 Å². The Hall–Kier alpha value is -1.95. The highest BCUT2D eigenvalue weighted by atomic mass is 19.1. The maximum Gasteiger partial charge on any atom is 0.246 e. The number of amides is 2. The predicted octanol–water partition coefficient (Wildman–Crippen LogP) is 1.20. The number of benzene rings is 1. The number of nitrogens with one attached hydrogen (secondary N) is 1. The fourth-order valence-corrected chi connectivity index (χ4v) is 4.22. The second kappa shape index (κ2) is 5.84. The summed E-state index contributed by atoms with van der Waals surface area (Å²) in [6, 6.07) is 4.50. The summed E-state index contributed by atoms with van der Waals surface area (Å²) < 4.78 is 13.9. The molecule has 3 heterocycles. The second-order valence-corrected chi connectivity index (χ2v) is 7.10. The molecule has 1 aromatic rings. The summed E-state index contributed by atoms with van der Waals surface area (Å²) in [5.41, 5.74) is 1.64. The van der Waals surface area contributed by atoms with Gasteiger partial charge in [-0.05, 0) is 32.3 Å². The number of carbonyl (C=O) groups is 2. The molecule has 1 N–H and O–H groups in total. The number of fused-ring (bicyclic) bond motifs is 2. The first-order valence-electron chi connectivity index (χ1n) is 8.64. The number of nitrogens with zero attached hydrogens (tertiary/aromatic N) is 2. The van der Waals surface area contributed by atoms with E-state index in [-0.39, 0.29) is 35.8 Å². The molecule has 4 rings (SSSR count). The third-order valence-corrected chi connectivity index (χ3v) is 5.47. The van der Waals surface area contributed by atoms with Crippen molar-refractivity contribution in [3.63, 3.8) is 0 Å². The van der Waals surface area contributed by atoms with Crippen molar-refractivity contribution < 1.29 is 14.0 Å². The molecule has 6 heteroatoms. The van der Waals surface area contributed by atoms with Gasteiger partial charge in [0.05, 0.1) is 0 Å². The van der Waals surface area contributed by atoms with Crippen LogP contribution < -0.4 is 5.32 Å². The summed E-state index contributed by atoms with van der Waals surface area (Å²) in [7, 11) is 0. The normalized spacial score (nSPS) is 29.2. The van der Waals surface area contributed by atoms with Crippen LogP contribution in [-0.2, 0) is 16.1 Å². The molecular formula is C18H22FN3O2. The topological polar surface area (TPSA) is 52.7 Å². The average Bonchev–Trinajstić information content (AvgIpc) is 3.21. The summed E-state index contributed by atoms with van der Waals surface area (Å²) in [4.78, 5) is 28.7. The molecule has 3 atom stereocenters. The van der Waals surface area contributed by atoms with Crippen molar-refractivity contribution in [1.82, 2.24) is 15.1 Å². The van der Waals surface area contributed by atoms with Gasteiger partial charge in [0.15, 0.2) is 0 Å². The van der Waals surface area contributed by atoms with Gasteiger partial charge in [-0.3, -0.25) is 9.59 Å². The molecule has 2 amide bonds. The highest BCUT2D eigenvalue weighted by molar-refractivity contribution is 5.98. The van der Waals surface area contributed by atoms with Gasteiger partial charge in [-0.25, -0.2) is 4.39 Å². The van der Waals surface area contributed by atoms with Gasteiger partial charge in [-0.2, -0.15) is 0 Å². The Labute approximate surface area is 140 Å². The number of hydrogen-bond donors (Lipinski definition) is 1. The number of halogens is 1. The molecule has 0 bridgehead atoms. The van der Waals surface area contributed by atoms with Crippen molar-refractivity contribution in [3.8, 4) is 0 Å². The fourth-order valence-electron chi connectivity index (χ4n) is 4.22. The van der Waals surface area contributed by atoms with Crippen LogP contribution in [0.25, 0.3) is 0 Å². The molecule has 0 unspecified atom stereocenters. The SMILES string of the molecule is Cc1ccc(F)c(CN[C@H]2C[C@H]3C(=O)N4CCC[C@H]4C(=O)N3C2)c1. The summed E-state index contributed by atoms with van der Waals surface area (Å²) in [6.07, 6.45) is 2.30. The van der Waals surface area contributed by atoms with Crippen LogP contribution in [0.2, 0.25) is 0 Å². The van der Waals surface area contributed by atoms with E-state index in [4.69, 9.17) is 0 Å². The van der Waals surface area contributed by atoms with E-state index >= 15 is 0 Å². The average molecular weight is 331 g/mol. The van der Waals surface area contributed by atoms with Crippen LogP contribution in [0.15, 0.2) is 18.2 Å². The van der Waals surface area contributed by atoms with Crippen molar-refractivity contribution in [2.75, 3.05) is 13.1 Å². The minimum absolute atomic E-state index is 0.0304. The first kappa shape index (κ1) is 15.6. The lowest BCUT2D eigenvalue weighted by Crippen LogP contribution is -2.60. The van der Waals surface area contributed by atoms with Gasteiger partial charge >= 0.3 is 0 Å². The molecule has 128 valence electrons. The second-order valence-electron chi connectivity index (χ2n) is 7.10. The number of hydrogen-bond acceptors (Lipinski definition) is 3. The third-order valence-electron chi connectivity index (χ3n) is 5.47. The van der Waals surface area contributed by atoms with E-state index in [2.05, 4.69) is 5.32 Å². The van der Waals surface area contributed by atoms with Gasteiger partial charge in [-0.15, -0.1) is 0 Å². The van der Waals surface area contributed by atoms with Gasteiger partial charge in [-0.1, -0.05) is 17.7 Å². The van der Waals surface area contributed by atoms with Gasteiger partial charge in [0.25, 0.3) is 0 Å². The summed E-state index contributed by atoms with van der Waals surface area (Å²) >= 11 is 0. The molecule has 1 aromatic carbocycles. The fraction of sp³-hybridized carbons (Fsp3) is 0.556. The first-order valence-corrected chi connectivity index (χ1v) is 8.64. The first-order chi connectivity index (χ1) is 11.5. The molecule has 24 heavy (non-hydrogen) atoms. The van der Waals surface area contributed by atoms with Crippen LogP contribution in [0.1, 0.15) is 30.4 Å². The van der Waals surface area contributed by atoms with Crippen LogP contribution in [0, 0.1) is 12.7 Å². The van der Waals surface area contributed by atoms with Gasteiger partial charge in [0, 0.05) is 31.2 Å². The Kier molecular flexibility index (Phi) is 3.79. The van der Waals surface area contributed by atoms with Crippen LogP contribution >= 0.6 is 0 Å². The summed E-state index contributed by atoms with van der Waals surface area (Å²) in [5.74, 6) is -0.0529. The largest absolute Gasteiger partial charge is 0.329 e. The molecule has 5 nitrogen and oxygen atoms in total. The maximum atomic E-state index is 13.9. The number of rotatable bonds is 3. The Bertz CT molecular complexity index is 663. The molecule has 0 radical (unpaired) electrons. The van der Waals surface area contributed by atoms with E-state index in [1.807, 2.05) is 13.0 Å². The molecule has 3 aliphatic heterocycles. The molecule has 3 fully saturated rings. The molecule has 0 saturated carbocycles. The Morgan fingerprint density at radius 1 is 1.21 bits per heavy atom. The standard InChI is InChI=1S/C18H22FN3O2/c1-11-4-5-14(19)12(7-11)9-20-13-8-16-18(24)21-6-2-3-15(21)17(23)22(16)10-13/h4-5,7,13,15-16,20H,2-3,6,8-10H2,1H3/t13-,15-,16-/m0/s1. The summed E-state index contributed by atoms with van der Waals surface area (Å²) in [6.45, 7) is 3.58. The zero-order chi connectivity index (χ0) is 16.8. The van der Waals surface area contributed by atoms with E-state index in [1.165, 1.54) is 6.07 Å². The maximum absolute atomic E-state index is 13.9. The quantitative estimate of drug-likeness (QED) is 0.905. The van der Waals surface area contributed by atoms with E-state index in [9.17, 15) is 14.0 Å². The summed E-state index contributed by atoms with van der Waals surface area (Å²) in [5, 5.41) is 3.32. The molecular weight excluding hydrogens is 309 g/mol. The lowest BCUT2D eigenvalue weighted by Gasteiger charge is -2.38. The smallest absolute Gasteiger partial charge is 0.246 e. The highest BCUT2D eigenvalue weighted by Gasteiger charge is 2.51. The van der Waals surface area contributed by atoms with Gasteiger partial charge in [0.1, 0.15) is 17.9 Å². The van der Waals surface area contributed by atoms with E-state index in [1.54, 1.807) is 15.9 Å². The van der Waals surface area contributed by atoms with Gasteiger partial charge in [0.2, 0.25) is 11.8 Å². The van der Waals surface area contributed by atoms with E-state index in [0.717, 1.165) is 18.4 Å². The van der Waals surface area contributed by atoms with Crippen LogP contribution in [-0.4, -0.2) is 52.8 Å². The third kappa shape index (κ3) is 2.49. The number of piperazine rings is 1. The minimum Gasteiger partial charge on any atom is -0.329 e. The highest BCUT2D eigenvalue weighted by Crippen LogP contribution is 2.32. The van der Waals surface area contributed by atoms with Crippen molar-refractivity contribution in [3.05, 3.63) is 35.1 Å². The van der Waals surface area contributed by atoms with Crippen molar-refractivity contribution >= 4 is 11.8 Å². The zero-order valence-corrected chi connectivity index (χ0v) is 13.8. The van der Waals surface area contributed by atoms with Crippen LogP contribution in [0.4, 0.5) is 4.39 Å². The molecule has 0 aliphatic carbocycles. The molecule has 0 aromatic heterocycles. The minimum atomic E-state index is -0.341. The van der Waals surface area contributed by atoms with Gasteiger partial charge < -0.3 is 15.1 Å². The van der Waals surface area contributed by atoms with Crippen LogP contribution in [0.5, 0.6) is 0 Å². The Morgan fingerprint density at radius 2 is 2.00 bits per heavy atom. The molecule has 0 spiro atoms. The Morgan fingerprint density at radius 3 is 2.83 bits per heavy atom. The lowest BCUT2D eigenvalue weighted by molar-refractivity contribution is -0.156. The monoisotopic (exact) mass is 331 g/mol. The van der Waals surface area contributed by atoms with Crippen molar-refractivity contribution in [2.45, 2.75) is 50.9 Å². The lowest BCUT2D eigenvalue weighted by atomic mass is 10.1. The molecule has 3 aliphatic rings. The predicted molar refractivity (Wildman–Crippen MR) is 86.6 cm³/mol. The Balaban J connectivity index is 1.44. The zero-order valence-electron chi connectivity index (χ0n) is 13.8. The van der Waals surface area contributed by atoms with Crippen molar-refractivity contribution in [1.29, 1.82) is 0 Å². The van der Waals surface area contributed by atoms with E-state index < -0.39 is 0 Å². The molecule has 3 saturated heterocycles.